The highest BCUT2D eigenvalue weighted by Crippen LogP contribution is 2.30. The van der Waals surface area contributed by atoms with Crippen LogP contribution >= 0.6 is 11.6 Å². The first kappa shape index (κ1) is 11.1. The van der Waals surface area contributed by atoms with Crippen LogP contribution in [0.1, 0.15) is 0 Å². The standard InChI is InChI=1S/C15H11ClN2/c16-15-9-13(10-5-7-11(17)8-6-10)12-3-1-2-4-14(12)18-15/h1-9H,17H2. The normalized spacial score (nSPS) is 10.7. The van der Waals surface area contributed by atoms with E-state index in [-0.39, 0.29) is 0 Å². The SMILES string of the molecule is Nc1ccc(-c2cc(Cl)nc3ccccc23)cc1. The maximum atomic E-state index is 6.07. The van der Waals surface area contributed by atoms with E-state index in [1.54, 1.807) is 0 Å². The highest BCUT2D eigenvalue weighted by Gasteiger charge is 2.06. The van der Waals surface area contributed by atoms with Crippen molar-refractivity contribution in [1.82, 2.24) is 4.98 Å². The summed E-state index contributed by atoms with van der Waals surface area (Å²) >= 11 is 6.07. The van der Waals surface area contributed by atoms with Crippen molar-refractivity contribution in [3.63, 3.8) is 0 Å². The maximum absolute atomic E-state index is 6.07. The fourth-order valence-corrected chi connectivity index (χ4v) is 2.24. The van der Waals surface area contributed by atoms with Crippen molar-refractivity contribution in [1.29, 1.82) is 0 Å². The number of nitrogens with zero attached hydrogens (tertiary/aromatic N) is 1. The number of pyridine rings is 1. The predicted molar refractivity (Wildman–Crippen MR) is 76.6 cm³/mol. The molecule has 0 aliphatic heterocycles. The van der Waals surface area contributed by atoms with Crippen LogP contribution in [0, 0.1) is 0 Å². The first-order valence-electron chi connectivity index (χ1n) is 5.65. The largest absolute Gasteiger partial charge is 0.399 e. The number of nitrogen functional groups attached to an aromatic ring is 1. The first-order chi connectivity index (χ1) is 8.74. The molecule has 0 atom stereocenters. The van der Waals surface area contributed by atoms with Gasteiger partial charge in [0.2, 0.25) is 0 Å². The summed E-state index contributed by atoms with van der Waals surface area (Å²) in [7, 11) is 0. The molecule has 1 aromatic heterocycles. The smallest absolute Gasteiger partial charge is 0.130 e. The second-order valence-electron chi connectivity index (χ2n) is 4.13. The minimum Gasteiger partial charge on any atom is -0.399 e. The second kappa shape index (κ2) is 4.31. The average Bonchev–Trinajstić information content (AvgIpc) is 2.38. The molecule has 2 aromatic carbocycles. The molecule has 0 unspecified atom stereocenters. The van der Waals surface area contributed by atoms with Crippen molar-refractivity contribution < 1.29 is 0 Å². The molecule has 2 nitrogen and oxygen atoms in total. The monoisotopic (exact) mass is 254 g/mol. The van der Waals surface area contributed by atoms with Gasteiger partial charge in [-0.05, 0) is 35.4 Å². The fraction of sp³-hybridized carbons (Fsp3) is 0. The van der Waals surface area contributed by atoms with Gasteiger partial charge in [0.1, 0.15) is 5.15 Å². The molecule has 0 bridgehead atoms. The summed E-state index contributed by atoms with van der Waals surface area (Å²) in [6.45, 7) is 0. The molecule has 0 aliphatic carbocycles. The van der Waals surface area contributed by atoms with Crippen LogP contribution in [0.15, 0.2) is 54.6 Å². The van der Waals surface area contributed by atoms with Crippen LogP contribution in [0.3, 0.4) is 0 Å². The van der Waals surface area contributed by atoms with E-state index >= 15 is 0 Å². The lowest BCUT2D eigenvalue weighted by molar-refractivity contribution is 1.41. The number of halogens is 1. The molecule has 0 spiro atoms. The number of aromatic nitrogens is 1. The highest BCUT2D eigenvalue weighted by atomic mass is 35.5. The van der Waals surface area contributed by atoms with Crippen LogP contribution in [-0.4, -0.2) is 4.98 Å². The molecule has 0 fully saturated rings. The Morgan fingerprint density at radius 1 is 0.944 bits per heavy atom. The lowest BCUT2D eigenvalue weighted by Gasteiger charge is -2.07. The zero-order chi connectivity index (χ0) is 12.5. The number of anilines is 1. The Kier molecular flexibility index (Phi) is 2.65. The molecule has 2 N–H and O–H groups in total. The molecule has 0 radical (unpaired) electrons. The van der Waals surface area contributed by atoms with E-state index in [9.17, 15) is 0 Å². The summed E-state index contributed by atoms with van der Waals surface area (Å²) in [5.74, 6) is 0. The van der Waals surface area contributed by atoms with E-state index in [0.717, 1.165) is 27.7 Å². The number of nitrogens with two attached hydrogens (primary N) is 1. The zero-order valence-electron chi connectivity index (χ0n) is 9.60. The molecule has 88 valence electrons. The van der Waals surface area contributed by atoms with Crippen LogP contribution in [-0.2, 0) is 0 Å². The predicted octanol–water partition coefficient (Wildman–Crippen LogP) is 4.14. The molecule has 3 heteroatoms. The molecule has 3 aromatic rings. The van der Waals surface area contributed by atoms with Crippen molar-refractivity contribution in [2.75, 3.05) is 5.73 Å². The van der Waals surface area contributed by atoms with Gasteiger partial charge in [-0.2, -0.15) is 0 Å². The number of hydrogen-bond acceptors (Lipinski definition) is 2. The van der Waals surface area contributed by atoms with Crippen molar-refractivity contribution in [3.05, 3.63) is 59.8 Å². The summed E-state index contributed by atoms with van der Waals surface area (Å²) in [4.78, 5) is 4.32. The van der Waals surface area contributed by atoms with E-state index in [0.29, 0.717) is 5.15 Å². The zero-order valence-corrected chi connectivity index (χ0v) is 10.4. The van der Waals surface area contributed by atoms with Crippen LogP contribution in [0.4, 0.5) is 5.69 Å². The number of fused-ring (bicyclic) bond motifs is 1. The molecule has 18 heavy (non-hydrogen) atoms. The quantitative estimate of drug-likeness (QED) is 0.524. The van der Waals surface area contributed by atoms with Crippen molar-refractivity contribution >= 4 is 28.2 Å². The van der Waals surface area contributed by atoms with Gasteiger partial charge in [-0.3, -0.25) is 0 Å². The Balaban J connectivity index is 2.31. The van der Waals surface area contributed by atoms with Gasteiger partial charge in [0.25, 0.3) is 0 Å². The van der Waals surface area contributed by atoms with Gasteiger partial charge < -0.3 is 5.73 Å². The first-order valence-corrected chi connectivity index (χ1v) is 6.03. The number of para-hydroxylation sites is 1. The fourth-order valence-electron chi connectivity index (χ4n) is 2.04. The minimum atomic E-state index is 0.500. The van der Waals surface area contributed by atoms with Crippen molar-refractivity contribution in [2.24, 2.45) is 0 Å². The summed E-state index contributed by atoms with van der Waals surface area (Å²) in [5.41, 5.74) is 9.52. The number of hydrogen-bond donors (Lipinski definition) is 1. The third-order valence-corrected chi connectivity index (χ3v) is 3.10. The van der Waals surface area contributed by atoms with Crippen LogP contribution in [0.5, 0.6) is 0 Å². The Hall–Kier alpha value is -2.06. The number of rotatable bonds is 1. The van der Waals surface area contributed by atoms with Crippen LogP contribution in [0.25, 0.3) is 22.0 Å². The van der Waals surface area contributed by atoms with E-state index in [4.69, 9.17) is 17.3 Å². The van der Waals surface area contributed by atoms with Gasteiger partial charge >= 0.3 is 0 Å². The Bertz CT molecular complexity index is 705. The summed E-state index contributed by atoms with van der Waals surface area (Å²) in [5, 5.41) is 1.59. The van der Waals surface area contributed by atoms with E-state index in [2.05, 4.69) is 4.98 Å². The highest BCUT2D eigenvalue weighted by molar-refractivity contribution is 6.30. The Morgan fingerprint density at radius 2 is 1.67 bits per heavy atom. The van der Waals surface area contributed by atoms with Gasteiger partial charge in [-0.15, -0.1) is 0 Å². The van der Waals surface area contributed by atoms with Gasteiger partial charge in [0.15, 0.2) is 0 Å². The molecular formula is C15H11ClN2. The molecule has 1 heterocycles. The third kappa shape index (κ3) is 1.91. The van der Waals surface area contributed by atoms with E-state index < -0.39 is 0 Å². The molecular weight excluding hydrogens is 244 g/mol. The minimum absolute atomic E-state index is 0.500. The molecule has 0 amide bonds. The number of benzene rings is 2. The summed E-state index contributed by atoms with van der Waals surface area (Å²) < 4.78 is 0. The molecule has 0 saturated carbocycles. The molecule has 0 aliphatic rings. The Morgan fingerprint density at radius 3 is 2.44 bits per heavy atom. The second-order valence-corrected chi connectivity index (χ2v) is 4.52. The summed E-state index contributed by atoms with van der Waals surface area (Å²) in [6, 6.07) is 17.6. The van der Waals surface area contributed by atoms with E-state index in [1.807, 2.05) is 54.6 Å². The van der Waals surface area contributed by atoms with Crippen molar-refractivity contribution in [3.8, 4) is 11.1 Å². The van der Waals surface area contributed by atoms with Crippen molar-refractivity contribution in [2.45, 2.75) is 0 Å². The topological polar surface area (TPSA) is 38.9 Å². The van der Waals surface area contributed by atoms with Gasteiger partial charge in [-0.1, -0.05) is 41.9 Å². The molecule has 0 saturated heterocycles. The van der Waals surface area contributed by atoms with Gasteiger partial charge in [-0.25, -0.2) is 4.98 Å². The van der Waals surface area contributed by atoms with E-state index in [1.165, 1.54) is 0 Å². The lowest BCUT2D eigenvalue weighted by atomic mass is 10.0. The average molecular weight is 255 g/mol. The van der Waals surface area contributed by atoms with Gasteiger partial charge in [0.05, 0.1) is 5.52 Å². The third-order valence-electron chi connectivity index (χ3n) is 2.91. The maximum Gasteiger partial charge on any atom is 0.130 e. The summed E-state index contributed by atoms with van der Waals surface area (Å²) in [6.07, 6.45) is 0. The molecule has 3 rings (SSSR count). The van der Waals surface area contributed by atoms with Crippen LogP contribution in [0.2, 0.25) is 5.15 Å². The van der Waals surface area contributed by atoms with Gasteiger partial charge in [0, 0.05) is 11.1 Å². The lowest BCUT2D eigenvalue weighted by Crippen LogP contribution is -1.87. The van der Waals surface area contributed by atoms with Crippen LogP contribution < -0.4 is 5.73 Å². The Labute approximate surface area is 110 Å².